The number of rotatable bonds is 15. The van der Waals surface area contributed by atoms with Crippen molar-refractivity contribution in [3.05, 3.63) is 24.4 Å². The highest BCUT2D eigenvalue weighted by Crippen LogP contribution is 2.29. The molecule has 21 nitrogen and oxygen atoms in total. The van der Waals surface area contributed by atoms with Crippen molar-refractivity contribution >= 4 is 64.7 Å². The summed E-state index contributed by atoms with van der Waals surface area (Å²) >= 11 is 0. The number of Topliss-reactive ketones (excluding diaryl/α,β-unsaturated/α-hetero) is 2. The lowest BCUT2D eigenvalue weighted by atomic mass is 9.84. The SMILES string of the molecule is C=C1C(=O)N(C)[C@@H](CC(C)C)C(=O)C[C@H](C(C)C)C(=O)N(C)[C@H](CC(C)C)C(=O)C[C@H](C)C(=O)N[C@@H](C)C(=O)N(C)[C@H](CC(C)C)C(=O)N(C)[C@H](CC(C)C)C(=O)N(C)C(C(C)C)C(=O)N(C)[C@H]([C@H](O)[C@H](C)C/C=C/C)C(=O)N[C@H](CC)C(=O)N1C. The Hall–Kier alpha value is -5.99. The monoisotopic (exact) mass is 1210 g/mol. The molecule has 0 aliphatic carbocycles. The zero-order valence-corrected chi connectivity index (χ0v) is 57.0. The van der Waals surface area contributed by atoms with E-state index in [1.165, 1.54) is 80.8 Å². The molecular weight excluding hydrogens is 1100 g/mol. The number of nitrogens with zero attached hydrogens (tertiary/aromatic N) is 7. The van der Waals surface area contributed by atoms with Crippen molar-refractivity contribution in [1.82, 2.24) is 44.9 Å². The van der Waals surface area contributed by atoms with Crippen LogP contribution < -0.4 is 10.6 Å². The van der Waals surface area contributed by atoms with Crippen LogP contribution in [-0.2, 0) is 52.7 Å². The lowest BCUT2D eigenvalue weighted by Gasteiger charge is -2.41. The number of allylic oxidation sites excluding steroid dienone is 2. The second-order valence-corrected chi connectivity index (χ2v) is 26.8. The summed E-state index contributed by atoms with van der Waals surface area (Å²) in [4.78, 5) is 170. The van der Waals surface area contributed by atoms with Crippen LogP contribution in [0.25, 0.3) is 0 Å². The van der Waals surface area contributed by atoms with Gasteiger partial charge in [0, 0.05) is 74.0 Å². The molecule has 1 aliphatic heterocycles. The van der Waals surface area contributed by atoms with Crippen LogP contribution in [0.4, 0.5) is 0 Å². The lowest BCUT2D eigenvalue weighted by Crippen LogP contribution is -2.63. The van der Waals surface area contributed by atoms with E-state index in [1.807, 2.05) is 55.4 Å². The molecule has 1 rings (SSSR count). The van der Waals surface area contributed by atoms with Gasteiger partial charge in [0.2, 0.25) is 47.3 Å². The van der Waals surface area contributed by atoms with Crippen LogP contribution >= 0.6 is 0 Å². The molecule has 0 radical (unpaired) electrons. The Bertz CT molecular complexity index is 2400. The van der Waals surface area contributed by atoms with E-state index in [1.54, 1.807) is 67.5 Å². The number of hydrogen-bond donors (Lipinski definition) is 3. The molecule has 0 aromatic carbocycles. The molecule has 9 amide bonds. The average molecular weight is 1210 g/mol. The molecule has 0 aromatic heterocycles. The molecule has 1 unspecified atom stereocenters. The van der Waals surface area contributed by atoms with Gasteiger partial charge in [-0.1, -0.05) is 123 Å². The Balaban J connectivity index is 4.38. The quantitative estimate of drug-likeness (QED) is 0.127. The van der Waals surface area contributed by atoms with Gasteiger partial charge in [-0.3, -0.25) is 52.7 Å². The van der Waals surface area contributed by atoms with Gasteiger partial charge in [0.1, 0.15) is 41.9 Å². The third-order valence-corrected chi connectivity index (χ3v) is 16.9. The first-order chi connectivity index (χ1) is 39.6. The van der Waals surface area contributed by atoms with Crippen molar-refractivity contribution in [1.29, 1.82) is 0 Å². The smallest absolute Gasteiger partial charge is 0.270 e. The summed E-state index contributed by atoms with van der Waals surface area (Å²) in [6.45, 7) is 34.2. The number of ketones is 2. The maximum absolute atomic E-state index is 15.2. The van der Waals surface area contributed by atoms with Gasteiger partial charge in [0.05, 0.1) is 18.2 Å². The first-order valence-electron chi connectivity index (χ1n) is 31.2. The molecule has 1 aliphatic rings. The molecule has 0 aromatic rings. The molecule has 0 spiro atoms. The van der Waals surface area contributed by atoms with Crippen LogP contribution in [-0.4, -0.2) is 208 Å². The third kappa shape index (κ3) is 21.1. The van der Waals surface area contributed by atoms with Crippen LogP contribution in [0.5, 0.6) is 0 Å². The molecule has 1 saturated heterocycles. The minimum atomic E-state index is -1.63. The fraction of sp³-hybridized carbons (Fsp3) is 0.769. The van der Waals surface area contributed by atoms with Crippen molar-refractivity contribution < 1.29 is 57.8 Å². The Kier molecular flexibility index (Phi) is 31.9. The lowest BCUT2D eigenvalue weighted by molar-refractivity contribution is -0.157. The van der Waals surface area contributed by atoms with E-state index >= 15 is 9.59 Å². The highest BCUT2D eigenvalue weighted by atomic mass is 16.3. The maximum atomic E-state index is 15.2. The first kappa shape index (κ1) is 78.0. The second-order valence-electron chi connectivity index (χ2n) is 26.8. The van der Waals surface area contributed by atoms with Gasteiger partial charge in [-0.05, 0) is 93.8 Å². The highest BCUT2D eigenvalue weighted by Gasteiger charge is 2.46. The number of amides is 9. The summed E-state index contributed by atoms with van der Waals surface area (Å²) in [7, 11) is 9.95. The van der Waals surface area contributed by atoms with Crippen molar-refractivity contribution in [3.8, 4) is 0 Å². The number of nitrogens with one attached hydrogen (secondary N) is 2. The Morgan fingerprint density at radius 1 is 0.512 bits per heavy atom. The van der Waals surface area contributed by atoms with Crippen LogP contribution in [0.1, 0.15) is 169 Å². The van der Waals surface area contributed by atoms with Gasteiger partial charge < -0.3 is 50.0 Å². The van der Waals surface area contributed by atoms with E-state index in [0.29, 0.717) is 6.42 Å². The summed E-state index contributed by atoms with van der Waals surface area (Å²) in [5, 5.41) is 17.6. The Labute approximate surface area is 516 Å². The van der Waals surface area contributed by atoms with Crippen LogP contribution in [0.2, 0.25) is 0 Å². The second kappa shape index (κ2) is 35.1. The number of likely N-dealkylation sites (N-methyl/N-ethyl adjacent to an activating group) is 7. The molecule has 0 bridgehead atoms. The van der Waals surface area contributed by atoms with E-state index < -0.39 is 149 Å². The van der Waals surface area contributed by atoms with Crippen LogP contribution in [0, 0.1) is 53.3 Å². The fourth-order valence-electron chi connectivity index (χ4n) is 11.2. The summed E-state index contributed by atoms with van der Waals surface area (Å²) in [6.07, 6.45) is 2.50. The number of carbonyl (C=O) groups excluding carboxylic acids is 11. The van der Waals surface area contributed by atoms with Crippen LogP contribution in [0.15, 0.2) is 24.4 Å². The van der Waals surface area contributed by atoms with Gasteiger partial charge in [0.15, 0.2) is 11.6 Å². The Morgan fingerprint density at radius 3 is 1.37 bits per heavy atom. The summed E-state index contributed by atoms with van der Waals surface area (Å²) in [5.74, 6) is -10.9. The molecule has 12 atom stereocenters. The normalized spacial score (nSPS) is 26.9. The van der Waals surface area contributed by atoms with Gasteiger partial charge in [-0.2, -0.15) is 0 Å². The molecule has 490 valence electrons. The van der Waals surface area contributed by atoms with E-state index in [0.717, 1.165) is 9.80 Å². The number of aliphatic hydroxyl groups is 1. The summed E-state index contributed by atoms with van der Waals surface area (Å²) < 4.78 is 0. The van der Waals surface area contributed by atoms with Gasteiger partial charge in [-0.25, -0.2) is 0 Å². The highest BCUT2D eigenvalue weighted by molar-refractivity contribution is 6.02. The van der Waals surface area contributed by atoms with E-state index in [9.17, 15) is 48.3 Å². The number of carbonyl (C=O) groups is 11. The largest absolute Gasteiger partial charge is 0.390 e. The average Bonchev–Trinajstić information content (AvgIpc) is 2.39. The van der Waals surface area contributed by atoms with E-state index in [2.05, 4.69) is 17.2 Å². The van der Waals surface area contributed by atoms with E-state index in [4.69, 9.17) is 0 Å². The van der Waals surface area contributed by atoms with Crippen molar-refractivity contribution in [3.63, 3.8) is 0 Å². The van der Waals surface area contributed by atoms with Crippen molar-refractivity contribution in [2.45, 2.75) is 224 Å². The number of hydrogen-bond acceptors (Lipinski definition) is 12. The maximum Gasteiger partial charge on any atom is 0.270 e. The molecule has 1 fully saturated rings. The molecule has 3 N–H and O–H groups in total. The van der Waals surface area contributed by atoms with Crippen molar-refractivity contribution in [2.24, 2.45) is 53.3 Å². The molecule has 86 heavy (non-hydrogen) atoms. The number of aliphatic hydroxyl groups excluding tert-OH is 1. The van der Waals surface area contributed by atoms with Gasteiger partial charge in [0.25, 0.3) is 5.91 Å². The van der Waals surface area contributed by atoms with Gasteiger partial charge in [-0.15, -0.1) is 0 Å². The topological polar surface area (TPSA) is 255 Å². The first-order valence-corrected chi connectivity index (χ1v) is 31.2. The zero-order valence-electron chi connectivity index (χ0n) is 57.0. The molecular formula is C65H113N9O12. The minimum Gasteiger partial charge on any atom is -0.390 e. The molecule has 0 saturated carbocycles. The van der Waals surface area contributed by atoms with Crippen molar-refractivity contribution in [2.75, 3.05) is 49.3 Å². The zero-order chi connectivity index (χ0) is 66.8. The third-order valence-electron chi connectivity index (χ3n) is 16.9. The predicted octanol–water partition coefficient (Wildman–Crippen LogP) is 5.96. The summed E-state index contributed by atoms with van der Waals surface area (Å²) in [5.41, 5.74) is -0.328. The fourth-order valence-corrected chi connectivity index (χ4v) is 11.2. The van der Waals surface area contributed by atoms with Gasteiger partial charge >= 0.3 is 0 Å². The summed E-state index contributed by atoms with van der Waals surface area (Å²) in [6, 6.07) is -9.76. The molecule has 1 heterocycles. The Morgan fingerprint density at radius 2 is 0.930 bits per heavy atom. The van der Waals surface area contributed by atoms with E-state index in [-0.39, 0.29) is 74.3 Å². The van der Waals surface area contributed by atoms with Crippen LogP contribution in [0.3, 0.4) is 0 Å². The standard InChI is InChI=1S/C65H113N9O12/c1-26-28-29-42(15)56(77)55-58(79)67-47(27-2)62(83)68(19)45(18)60(81)69(20)49(31-37(5)6)53(76)35-46(40(11)12)61(82)70(21)48(30-36(3)4)52(75)34-43(16)57(78)66-44(17)59(80)71(22)50(32-38(7)8)63(84)72(23)51(33-39(9)10)64(85)73(24)54(41(13)14)65(86)74(55)25/h26,28,36-44,46-51,54-56,77H,18,27,29-35H2,1-17,19-25H3,(H,66,78)(H,67,79)/b28-26+/t42-,43+,44+,46-,47-,48-,49+,50-,51-,54?,55-,56-/m1/s1. The predicted molar refractivity (Wildman–Crippen MR) is 335 cm³/mol. The molecule has 21 heteroatoms. The minimum absolute atomic E-state index is 0.0116.